The van der Waals surface area contributed by atoms with Crippen LogP contribution in [0.3, 0.4) is 0 Å². The van der Waals surface area contributed by atoms with Crippen LogP contribution in [0.1, 0.15) is 32.0 Å². The molecule has 184 valence electrons. The Balaban J connectivity index is 1.45. The van der Waals surface area contributed by atoms with Gasteiger partial charge in [0.25, 0.3) is 11.8 Å². The van der Waals surface area contributed by atoms with Gasteiger partial charge < -0.3 is 15.1 Å². The Bertz CT molecular complexity index is 1430. The maximum Gasteiger partial charge on any atom is 0.255 e. The number of hydrogen-bond acceptors (Lipinski definition) is 5. The number of rotatable bonds is 9. The summed E-state index contributed by atoms with van der Waals surface area (Å²) in [6.07, 6.45) is 2.69. The van der Waals surface area contributed by atoms with Gasteiger partial charge in [0.1, 0.15) is 5.76 Å². The van der Waals surface area contributed by atoms with Crippen molar-refractivity contribution in [2.45, 2.75) is 13.1 Å². The average molecular weight is 504 g/mol. The first-order chi connectivity index (χ1) is 17.3. The number of sulfonamides is 1. The minimum Gasteiger partial charge on any atom is -0.467 e. The Morgan fingerprint density at radius 3 is 2.19 bits per heavy atom. The number of furan rings is 1. The number of nitrogens with one attached hydrogen (secondary N) is 2. The Hall–Kier alpha value is -4.37. The summed E-state index contributed by atoms with van der Waals surface area (Å²) < 4.78 is 31.2. The first-order valence-corrected chi connectivity index (χ1v) is 13.0. The number of amides is 2. The summed E-state index contributed by atoms with van der Waals surface area (Å²) in [5.41, 5.74) is 2.34. The van der Waals surface area contributed by atoms with Crippen molar-refractivity contribution < 1.29 is 22.4 Å². The minimum atomic E-state index is -3.51. The molecule has 2 amide bonds. The molecule has 3 aromatic carbocycles. The van der Waals surface area contributed by atoms with Crippen LogP contribution in [0.15, 0.2) is 102 Å². The van der Waals surface area contributed by atoms with E-state index in [9.17, 15) is 18.0 Å². The number of hydrogen-bond donors (Lipinski definition) is 2. The zero-order chi connectivity index (χ0) is 25.5. The summed E-state index contributed by atoms with van der Waals surface area (Å²) in [4.78, 5) is 25.5. The van der Waals surface area contributed by atoms with Gasteiger partial charge in [0.2, 0.25) is 10.0 Å². The van der Waals surface area contributed by atoms with Crippen LogP contribution in [-0.2, 0) is 23.1 Å². The molecule has 2 N–H and O–H groups in total. The highest BCUT2D eigenvalue weighted by Crippen LogP contribution is 2.21. The zero-order valence-electron chi connectivity index (χ0n) is 19.5. The summed E-state index contributed by atoms with van der Waals surface area (Å²) >= 11 is 0. The van der Waals surface area contributed by atoms with Gasteiger partial charge in [-0.1, -0.05) is 42.5 Å². The third kappa shape index (κ3) is 6.19. The molecule has 8 nitrogen and oxygen atoms in total. The van der Waals surface area contributed by atoms with Gasteiger partial charge in [0.05, 0.1) is 42.5 Å². The summed E-state index contributed by atoms with van der Waals surface area (Å²) in [5, 5.41) is 5.55. The Labute approximate surface area is 209 Å². The second-order valence-corrected chi connectivity index (χ2v) is 9.97. The quantitative estimate of drug-likeness (QED) is 0.351. The van der Waals surface area contributed by atoms with Crippen molar-refractivity contribution >= 4 is 33.2 Å². The number of carbonyl (C=O) groups excluding carboxylic acids is 2. The van der Waals surface area contributed by atoms with Gasteiger partial charge in [-0.15, -0.1) is 0 Å². The zero-order valence-corrected chi connectivity index (χ0v) is 20.4. The van der Waals surface area contributed by atoms with Gasteiger partial charge in [0, 0.05) is 5.56 Å². The molecular formula is C27H25N3O5S. The minimum absolute atomic E-state index is 0.128. The Morgan fingerprint density at radius 2 is 1.53 bits per heavy atom. The van der Waals surface area contributed by atoms with Crippen molar-refractivity contribution in [3.8, 4) is 0 Å². The smallest absolute Gasteiger partial charge is 0.255 e. The highest BCUT2D eigenvalue weighted by atomic mass is 32.2. The second-order valence-electron chi connectivity index (χ2n) is 8.06. The van der Waals surface area contributed by atoms with Crippen LogP contribution >= 0.6 is 0 Å². The first-order valence-electron chi connectivity index (χ1n) is 11.1. The van der Waals surface area contributed by atoms with Gasteiger partial charge >= 0.3 is 0 Å². The predicted molar refractivity (Wildman–Crippen MR) is 138 cm³/mol. The lowest BCUT2D eigenvalue weighted by atomic mass is 10.1. The third-order valence-electron chi connectivity index (χ3n) is 5.41. The molecule has 4 aromatic rings. The number of carbonyl (C=O) groups is 2. The van der Waals surface area contributed by atoms with E-state index in [1.165, 1.54) is 10.6 Å². The molecule has 9 heteroatoms. The summed E-state index contributed by atoms with van der Waals surface area (Å²) in [5.74, 6) is -0.123. The molecule has 0 saturated carbocycles. The van der Waals surface area contributed by atoms with E-state index in [4.69, 9.17) is 4.42 Å². The van der Waals surface area contributed by atoms with Crippen LogP contribution in [0.25, 0.3) is 0 Å². The molecule has 0 fully saturated rings. The summed E-state index contributed by atoms with van der Waals surface area (Å²) in [6.45, 7) is 0.354. The molecule has 0 aliphatic heterocycles. The van der Waals surface area contributed by atoms with E-state index >= 15 is 0 Å². The normalized spacial score (nSPS) is 11.0. The van der Waals surface area contributed by atoms with Gasteiger partial charge in [-0.3, -0.25) is 13.9 Å². The van der Waals surface area contributed by atoms with Crippen molar-refractivity contribution in [1.29, 1.82) is 0 Å². The second kappa shape index (κ2) is 10.9. The molecule has 0 radical (unpaired) electrons. The van der Waals surface area contributed by atoms with Crippen LogP contribution in [0.2, 0.25) is 0 Å². The van der Waals surface area contributed by atoms with Crippen LogP contribution in [0.5, 0.6) is 0 Å². The van der Waals surface area contributed by atoms with Crippen LogP contribution in [-0.4, -0.2) is 26.5 Å². The molecule has 0 spiro atoms. The lowest BCUT2D eigenvalue weighted by Crippen LogP contribution is -2.29. The summed E-state index contributed by atoms with van der Waals surface area (Å²) in [6, 6.07) is 25.7. The maximum atomic E-state index is 12.9. The number of benzene rings is 3. The molecule has 1 heterocycles. The fourth-order valence-corrected chi connectivity index (χ4v) is 4.47. The standard InChI is InChI=1S/C27H25N3O5S/c1-36(33,34)30(22-8-3-2-4-9-22)19-20-13-15-21(16-14-20)26(31)29-25-12-6-5-11-24(25)27(32)28-18-23-10-7-17-35-23/h2-17H,18-19H2,1H3,(H,28,32)(H,29,31). The van der Waals surface area contributed by atoms with Crippen LogP contribution < -0.4 is 14.9 Å². The predicted octanol–water partition coefficient (Wildman–Crippen LogP) is 4.43. The van der Waals surface area contributed by atoms with Crippen molar-refractivity contribution in [1.82, 2.24) is 5.32 Å². The average Bonchev–Trinajstić information content (AvgIpc) is 3.40. The van der Waals surface area contributed by atoms with E-state index in [2.05, 4.69) is 10.6 Å². The molecule has 0 aliphatic rings. The van der Waals surface area contributed by atoms with E-state index < -0.39 is 15.9 Å². The van der Waals surface area contributed by atoms with E-state index in [1.807, 2.05) is 6.07 Å². The fourth-order valence-electron chi connectivity index (χ4n) is 3.58. The fraction of sp³-hybridized carbons (Fsp3) is 0.111. The highest BCUT2D eigenvalue weighted by Gasteiger charge is 2.18. The highest BCUT2D eigenvalue weighted by molar-refractivity contribution is 7.92. The van der Waals surface area contributed by atoms with Gasteiger partial charge in [-0.05, 0) is 54.1 Å². The number of anilines is 2. The van der Waals surface area contributed by atoms with E-state index in [-0.39, 0.29) is 19.0 Å². The van der Waals surface area contributed by atoms with Crippen molar-refractivity contribution in [2.24, 2.45) is 0 Å². The van der Waals surface area contributed by atoms with Crippen molar-refractivity contribution in [3.63, 3.8) is 0 Å². The monoisotopic (exact) mass is 503 g/mol. The van der Waals surface area contributed by atoms with E-state index in [1.54, 1.807) is 84.9 Å². The SMILES string of the molecule is CS(=O)(=O)N(Cc1ccc(C(=O)Nc2ccccc2C(=O)NCc2ccco2)cc1)c1ccccc1. The van der Waals surface area contributed by atoms with Gasteiger partial charge in [-0.2, -0.15) is 0 Å². The summed E-state index contributed by atoms with van der Waals surface area (Å²) in [7, 11) is -3.51. The molecule has 0 saturated heterocycles. The molecule has 4 rings (SSSR count). The number of para-hydroxylation sites is 2. The molecule has 0 bridgehead atoms. The maximum absolute atomic E-state index is 12.9. The lowest BCUT2D eigenvalue weighted by Gasteiger charge is -2.22. The number of nitrogens with zero attached hydrogens (tertiary/aromatic N) is 1. The topological polar surface area (TPSA) is 109 Å². The molecule has 1 aromatic heterocycles. The molecule has 0 unspecified atom stereocenters. The molecule has 0 aliphatic carbocycles. The van der Waals surface area contributed by atoms with Crippen LogP contribution in [0.4, 0.5) is 11.4 Å². The molecule has 36 heavy (non-hydrogen) atoms. The van der Waals surface area contributed by atoms with Gasteiger partial charge in [-0.25, -0.2) is 8.42 Å². The molecular weight excluding hydrogens is 478 g/mol. The first kappa shape index (κ1) is 24.7. The van der Waals surface area contributed by atoms with E-state index in [0.29, 0.717) is 28.3 Å². The van der Waals surface area contributed by atoms with Gasteiger partial charge in [0.15, 0.2) is 0 Å². The van der Waals surface area contributed by atoms with Crippen molar-refractivity contribution in [2.75, 3.05) is 15.9 Å². The Morgan fingerprint density at radius 1 is 0.833 bits per heavy atom. The molecule has 0 atom stereocenters. The largest absolute Gasteiger partial charge is 0.467 e. The lowest BCUT2D eigenvalue weighted by molar-refractivity contribution is 0.0949. The van der Waals surface area contributed by atoms with Crippen molar-refractivity contribution in [3.05, 3.63) is 120 Å². The Kier molecular flexibility index (Phi) is 7.50. The van der Waals surface area contributed by atoms with Crippen LogP contribution in [0, 0.1) is 0 Å². The third-order valence-corrected chi connectivity index (χ3v) is 6.55. The van der Waals surface area contributed by atoms with E-state index in [0.717, 1.165) is 11.8 Å².